The molecule has 5 heteroatoms. The van der Waals surface area contributed by atoms with Crippen LogP contribution in [0.5, 0.6) is 0 Å². The molecule has 4 rings (SSSR count). The summed E-state index contributed by atoms with van der Waals surface area (Å²) in [6, 6.07) is 14.6. The summed E-state index contributed by atoms with van der Waals surface area (Å²) in [5.74, 6) is 0.936. The lowest BCUT2D eigenvalue weighted by Crippen LogP contribution is -2.32. The summed E-state index contributed by atoms with van der Waals surface area (Å²) < 4.78 is 0. The van der Waals surface area contributed by atoms with Crippen LogP contribution in [0.4, 0.5) is 0 Å². The van der Waals surface area contributed by atoms with E-state index in [-0.39, 0.29) is 5.92 Å². The summed E-state index contributed by atoms with van der Waals surface area (Å²) in [6.45, 7) is 10.8. The second-order valence-corrected chi connectivity index (χ2v) is 9.87. The molecule has 0 saturated carbocycles. The molecule has 0 spiro atoms. The standard InChI is InChI=1S/C28H33Cl2N3/c1-20-23(19-32-21(2)31-13-8-16-33-14-6-3-7-15-33)17-26(25-10-5-4-9-24(20)25)22-11-12-27(29)28(30)18-22/h4-5,9-12,18-19,26,31H,2-3,6-8,13-17H2,1H3/b32-19-. The van der Waals surface area contributed by atoms with Gasteiger partial charge in [-0.25, -0.2) is 4.99 Å². The number of rotatable bonds is 8. The topological polar surface area (TPSA) is 27.6 Å². The quantitative estimate of drug-likeness (QED) is 0.316. The second-order valence-electron chi connectivity index (χ2n) is 9.06. The van der Waals surface area contributed by atoms with E-state index in [0.717, 1.165) is 31.8 Å². The second kappa shape index (κ2) is 11.4. The first-order chi connectivity index (χ1) is 16.0. The summed E-state index contributed by atoms with van der Waals surface area (Å²) in [5, 5.41) is 4.56. The fourth-order valence-corrected chi connectivity index (χ4v) is 5.20. The van der Waals surface area contributed by atoms with Crippen LogP contribution in [-0.2, 0) is 0 Å². The molecule has 1 saturated heterocycles. The average molecular weight is 482 g/mol. The molecule has 0 radical (unpaired) electrons. The Morgan fingerprint density at radius 2 is 1.91 bits per heavy atom. The molecule has 1 unspecified atom stereocenters. The number of aliphatic imine (C=N–C) groups is 1. The zero-order valence-corrected chi connectivity index (χ0v) is 20.9. The third kappa shape index (κ3) is 6.09. The molecule has 1 N–H and O–H groups in total. The van der Waals surface area contributed by atoms with Crippen LogP contribution in [0.15, 0.2) is 65.4 Å². The van der Waals surface area contributed by atoms with Crippen molar-refractivity contribution < 1.29 is 0 Å². The van der Waals surface area contributed by atoms with Crippen molar-refractivity contribution in [3.05, 3.63) is 87.2 Å². The average Bonchev–Trinajstić information content (AvgIpc) is 2.84. The van der Waals surface area contributed by atoms with Gasteiger partial charge in [-0.05, 0) is 92.2 Å². The number of nitrogens with zero attached hydrogens (tertiary/aromatic N) is 2. The molecule has 174 valence electrons. The molecule has 0 amide bonds. The minimum atomic E-state index is 0.215. The normalized spacial score (nSPS) is 19.1. The first-order valence-electron chi connectivity index (χ1n) is 12.0. The Labute approximate surface area is 208 Å². The molecule has 2 aromatic rings. The van der Waals surface area contributed by atoms with Gasteiger partial charge in [0.1, 0.15) is 5.82 Å². The van der Waals surface area contributed by atoms with Crippen molar-refractivity contribution in [1.29, 1.82) is 0 Å². The van der Waals surface area contributed by atoms with Gasteiger partial charge in [0.2, 0.25) is 0 Å². The molecule has 3 nitrogen and oxygen atoms in total. The van der Waals surface area contributed by atoms with Crippen LogP contribution in [0.2, 0.25) is 10.0 Å². The van der Waals surface area contributed by atoms with Gasteiger partial charge < -0.3 is 10.2 Å². The summed E-state index contributed by atoms with van der Waals surface area (Å²) in [5.41, 5.74) is 6.25. The van der Waals surface area contributed by atoms with E-state index in [2.05, 4.69) is 59.0 Å². The van der Waals surface area contributed by atoms with Gasteiger partial charge in [-0.15, -0.1) is 0 Å². The molecule has 2 aromatic carbocycles. The Hall–Kier alpha value is -2.07. The van der Waals surface area contributed by atoms with Crippen molar-refractivity contribution in [2.75, 3.05) is 26.2 Å². The van der Waals surface area contributed by atoms with E-state index >= 15 is 0 Å². The van der Waals surface area contributed by atoms with Crippen LogP contribution < -0.4 is 5.32 Å². The van der Waals surface area contributed by atoms with Crippen LogP contribution in [0.3, 0.4) is 0 Å². The lowest BCUT2D eigenvalue weighted by molar-refractivity contribution is 0.226. The Morgan fingerprint density at radius 3 is 2.70 bits per heavy atom. The van der Waals surface area contributed by atoms with Gasteiger partial charge in [-0.1, -0.05) is 66.5 Å². The van der Waals surface area contributed by atoms with Gasteiger partial charge in [-0.3, -0.25) is 0 Å². The van der Waals surface area contributed by atoms with Gasteiger partial charge in [0, 0.05) is 18.7 Å². The Balaban J connectivity index is 1.42. The number of likely N-dealkylation sites (tertiary alicyclic amines) is 1. The van der Waals surface area contributed by atoms with Crippen LogP contribution >= 0.6 is 23.2 Å². The Morgan fingerprint density at radius 1 is 1.12 bits per heavy atom. The third-order valence-corrected chi connectivity index (χ3v) is 7.54. The van der Waals surface area contributed by atoms with E-state index < -0.39 is 0 Å². The van der Waals surface area contributed by atoms with Gasteiger partial charge in [-0.2, -0.15) is 0 Å². The largest absolute Gasteiger partial charge is 0.371 e. The predicted molar refractivity (Wildman–Crippen MR) is 143 cm³/mol. The summed E-state index contributed by atoms with van der Waals surface area (Å²) in [7, 11) is 0. The highest BCUT2D eigenvalue weighted by Gasteiger charge is 2.25. The molecule has 2 aliphatic rings. The summed E-state index contributed by atoms with van der Waals surface area (Å²) >= 11 is 12.5. The Kier molecular flexibility index (Phi) is 8.29. The van der Waals surface area contributed by atoms with Crippen molar-refractivity contribution in [3.63, 3.8) is 0 Å². The highest BCUT2D eigenvalue weighted by atomic mass is 35.5. The number of piperidine rings is 1. The Bertz CT molecular complexity index is 1050. The van der Waals surface area contributed by atoms with E-state index in [9.17, 15) is 0 Å². The number of halogens is 2. The highest BCUT2D eigenvalue weighted by Crippen LogP contribution is 2.42. The summed E-state index contributed by atoms with van der Waals surface area (Å²) in [6.07, 6.45) is 8.02. The molecule has 33 heavy (non-hydrogen) atoms. The molecule has 1 heterocycles. The van der Waals surface area contributed by atoms with Crippen LogP contribution in [0, 0.1) is 0 Å². The summed E-state index contributed by atoms with van der Waals surface area (Å²) in [4.78, 5) is 7.23. The van der Waals surface area contributed by atoms with Gasteiger partial charge in [0.05, 0.1) is 10.0 Å². The van der Waals surface area contributed by atoms with E-state index in [4.69, 9.17) is 23.2 Å². The van der Waals surface area contributed by atoms with E-state index in [1.54, 1.807) is 0 Å². The minimum Gasteiger partial charge on any atom is -0.371 e. The first-order valence-corrected chi connectivity index (χ1v) is 12.7. The molecule has 0 bridgehead atoms. The fraction of sp³-hybridized carbons (Fsp3) is 0.393. The highest BCUT2D eigenvalue weighted by molar-refractivity contribution is 6.42. The first kappa shape index (κ1) is 24.1. The van der Waals surface area contributed by atoms with Crippen molar-refractivity contribution in [3.8, 4) is 0 Å². The molecule has 1 fully saturated rings. The minimum absolute atomic E-state index is 0.215. The molecule has 1 aliphatic carbocycles. The SMILES string of the molecule is C=C(/N=C\C1=C(C)c2ccccc2C(c2ccc(Cl)c(Cl)c2)C1)NCCCN1CCCCC1. The van der Waals surface area contributed by atoms with Crippen molar-refractivity contribution >= 4 is 35.0 Å². The van der Waals surface area contributed by atoms with E-state index in [0.29, 0.717) is 10.0 Å². The molecular weight excluding hydrogens is 449 g/mol. The number of nitrogens with one attached hydrogen (secondary N) is 1. The van der Waals surface area contributed by atoms with Crippen molar-refractivity contribution in [1.82, 2.24) is 10.2 Å². The van der Waals surface area contributed by atoms with E-state index in [1.807, 2.05) is 18.3 Å². The molecule has 1 atom stereocenters. The lowest BCUT2D eigenvalue weighted by Gasteiger charge is -2.28. The monoisotopic (exact) mass is 481 g/mol. The zero-order valence-electron chi connectivity index (χ0n) is 19.4. The van der Waals surface area contributed by atoms with Crippen molar-refractivity contribution in [2.45, 2.75) is 44.9 Å². The predicted octanol–water partition coefficient (Wildman–Crippen LogP) is 7.31. The number of benzene rings is 2. The van der Waals surface area contributed by atoms with Gasteiger partial charge in [0.25, 0.3) is 0 Å². The number of fused-ring (bicyclic) bond motifs is 1. The molecular formula is C28H33Cl2N3. The lowest BCUT2D eigenvalue weighted by atomic mass is 9.76. The maximum atomic E-state index is 6.34. The number of allylic oxidation sites excluding steroid dienone is 2. The maximum Gasteiger partial charge on any atom is 0.118 e. The molecule has 1 aliphatic heterocycles. The molecule has 0 aromatic heterocycles. The smallest absolute Gasteiger partial charge is 0.118 e. The zero-order chi connectivity index (χ0) is 23.2. The third-order valence-electron chi connectivity index (χ3n) is 6.80. The fourth-order valence-electron chi connectivity index (χ4n) is 4.89. The number of hydrogen-bond acceptors (Lipinski definition) is 3. The van der Waals surface area contributed by atoms with Crippen molar-refractivity contribution in [2.24, 2.45) is 4.99 Å². The number of hydrogen-bond donors (Lipinski definition) is 1. The van der Waals surface area contributed by atoms with E-state index in [1.165, 1.54) is 60.2 Å². The van der Waals surface area contributed by atoms with Crippen LogP contribution in [-0.4, -0.2) is 37.3 Å². The van der Waals surface area contributed by atoms with Gasteiger partial charge in [0.15, 0.2) is 0 Å². The maximum absolute atomic E-state index is 6.34. The van der Waals surface area contributed by atoms with Gasteiger partial charge >= 0.3 is 0 Å². The van der Waals surface area contributed by atoms with Crippen LogP contribution in [0.1, 0.15) is 61.6 Å². The van der Waals surface area contributed by atoms with Crippen LogP contribution in [0.25, 0.3) is 5.57 Å².